The van der Waals surface area contributed by atoms with E-state index in [1.165, 1.54) is 6.08 Å². The standard InChI is InChI=1S/C20H19N3O2/c1-2-25-19-11-9-17(10-12-19)22-20(24)13-8-16-14-21-23(15-16)18-6-4-3-5-7-18/h3-15H,2H2,1H3,(H,22,24)/b13-8+. The molecule has 2 aromatic carbocycles. The number of benzene rings is 2. The first-order chi connectivity index (χ1) is 12.2. The van der Waals surface area contributed by atoms with Crippen LogP contribution in [0.15, 0.2) is 73.1 Å². The number of amides is 1. The van der Waals surface area contributed by atoms with E-state index in [1.807, 2.05) is 67.7 Å². The van der Waals surface area contributed by atoms with E-state index in [-0.39, 0.29) is 5.91 Å². The zero-order valence-electron chi connectivity index (χ0n) is 13.9. The highest BCUT2D eigenvalue weighted by Crippen LogP contribution is 2.15. The lowest BCUT2D eigenvalue weighted by Gasteiger charge is -2.05. The topological polar surface area (TPSA) is 56.1 Å². The third-order valence-electron chi connectivity index (χ3n) is 3.48. The Morgan fingerprint density at radius 3 is 2.64 bits per heavy atom. The Kier molecular flexibility index (Phi) is 5.26. The van der Waals surface area contributed by atoms with Crippen LogP contribution in [0.25, 0.3) is 11.8 Å². The third kappa shape index (κ3) is 4.57. The quantitative estimate of drug-likeness (QED) is 0.696. The van der Waals surface area contributed by atoms with E-state index < -0.39 is 0 Å². The molecule has 0 fully saturated rings. The van der Waals surface area contributed by atoms with E-state index in [2.05, 4.69) is 10.4 Å². The molecule has 0 bridgehead atoms. The van der Waals surface area contributed by atoms with Gasteiger partial charge in [0.1, 0.15) is 5.75 Å². The summed E-state index contributed by atoms with van der Waals surface area (Å²) >= 11 is 0. The number of anilines is 1. The van der Waals surface area contributed by atoms with Crippen molar-refractivity contribution in [1.29, 1.82) is 0 Å². The number of para-hydroxylation sites is 1. The molecule has 25 heavy (non-hydrogen) atoms. The van der Waals surface area contributed by atoms with Crippen LogP contribution in [-0.2, 0) is 4.79 Å². The highest BCUT2D eigenvalue weighted by atomic mass is 16.5. The molecule has 3 aromatic rings. The molecule has 5 heteroatoms. The van der Waals surface area contributed by atoms with Gasteiger partial charge in [-0.15, -0.1) is 0 Å². The van der Waals surface area contributed by atoms with Gasteiger partial charge in [0, 0.05) is 23.5 Å². The maximum absolute atomic E-state index is 12.0. The minimum absolute atomic E-state index is 0.198. The summed E-state index contributed by atoms with van der Waals surface area (Å²) in [6.07, 6.45) is 6.81. The monoisotopic (exact) mass is 333 g/mol. The number of carbonyl (C=O) groups excluding carboxylic acids is 1. The van der Waals surface area contributed by atoms with E-state index in [1.54, 1.807) is 17.0 Å². The first kappa shape index (κ1) is 16.5. The highest BCUT2D eigenvalue weighted by molar-refractivity contribution is 6.01. The molecule has 3 rings (SSSR count). The second-order valence-electron chi connectivity index (χ2n) is 5.33. The van der Waals surface area contributed by atoms with E-state index in [0.29, 0.717) is 6.61 Å². The summed E-state index contributed by atoms with van der Waals surface area (Å²) in [4.78, 5) is 12.0. The van der Waals surface area contributed by atoms with E-state index in [4.69, 9.17) is 4.74 Å². The lowest BCUT2D eigenvalue weighted by atomic mass is 10.3. The summed E-state index contributed by atoms with van der Waals surface area (Å²) in [5.41, 5.74) is 2.55. The van der Waals surface area contributed by atoms with Crippen molar-refractivity contribution >= 4 is 17.7 Å². The molecule has 126 valence electrons. The van der Waals surface area contributed by atoms with Crippen LogP contribution >= 0.6 is 0 Å². The van der Waals surface area contributed by atoms with Crippen molar-refractivity contribution in [2.75, 3.05) is 11.9 Å². The molecular weight excluding hydrogens is 314 g/mol. The number of nitrogens with zero attached hydrogens (tertiary/aromatic N) is 2. The Bertz CT molecular complexity index is 852. The Hall–Kier alpha value is -3.34. The number of hydrogen-bond donors (Lipinski definition) is 1. The van der Waals surface area contributed by atoms with Gasteiger partial charge in [-0.3, -0.25) is 4.79 Å². The molecule has 0 aliphatic heterocycles. The number of rotatable bonds is 6. The molecule has 0 spiro atoms. The predicted molar refractivity (Wildman–Crippen MR) is 98.8 cm³/mol. The largest absolute Gasteiger partial charge is 0.494 e. The van der Waals surface area contributed by atoms with E-state index in [0.717, 1.165) is 22.7 Å². The highest BCUT2D eigenvalue weighted by Gasteiger charge is 2.01. The molecule has 1 amide bonds. The lowest BCUT2D eigenvalue weighted by Crippen LogP contribution is -2.07. The van der Waals surface area contributed by atoms with Crippen LogP contribution in [-0.4, -0.2) is 22.3 Å². The fourth-order valence-corrected chi connectivity index (χ4v) is 2.30. The maximum Gasteiger partial charge on any atom is 0.248 e. The van der Waals surface area contributed by atoms with Crippen molar-refractivity contribution in [2.45, 2.75) is 6.92 Å². The van der Waals surface area contributed by atoms with Crippen LogP contribution in [0.4, 0.5) is 5.69 Å². The van der Waals surface area contributed by atoms with Gasteiger partial charge in [-0.1, -0.05) is 18.2 Å². The molecule has 0 saturated carbocycles. The molecule has 5 nitrogen and oxygen atoms in total. The normalized spacial score (nSPS) is 10.8. The van der Waals surface area contributed by atoms with Crippen molar-refractivity contribution in [3.63, 3.8) is 0 Å². The van der Waals surface area contributed by atoms with Crippen LogP contribution in [0.5, 0.6) is 5.75 Å². The summed E-state index contributed by atoms with van der Waals surface area (Å²) in [5, 5.41) is 7.11. The SMILES string of the molecule is CCOc1ccc(NC(=O)/C=C/c2cnn(-c3ccccc3)c2)cc1. The molecule has 1 N–H and O–H groups in total. The van der Waals surface area contributed by atoms with Gasteiger partial charge in [-0.25, -0.2) is 4.68 Å². The van der Waals surface area contributed by atoms with Crippen LogP contribution in [0.3, 0.4) is 0 Å². The molecule has 0 atom stereocenters. The summed E-state index contributed by atoms with van der Waals surface area (Å²) in [6.45, 7) is 2.55. The van der Waals surface area contributed by atoms with Gasteiger partial charge in [0.05, 0.1) is 18.5 Å². The second-order valence-corrected chi connectivity index (χ2v) is 5.33. The molecule has 0 aliphatic carbocycles. The Balaban J connectivity index is 1.60. The van der Waals surface area contributed by atoms with Gasteiger partial charge in [-0.2, -0.15) is 5.10 Å². The molecule has 1 heterocycles. The molecule has 0 aliphatic rings. The fourth-order valence-electron chi connectivity index (χ4n) is 2.30. The van der Waals surface area contributed by atoms with E-state index >= 15 is 0 Å². The minimum Gasteiger partial charge on any atom is -0.494 e. The second kappa shape index (κ2) is 7.97. The fraction of sp³-hybridized carbons (Fsp3) is 0.100. The zero-order valence-corrected chi connectivity index (χ0v) is 13.9. The average Bonchev–Trinajstić information content (AvgIpc) is 3.12. The Morgan fingerprint density at radius 2 is 1.92 bits per heavy atom. The smallest absolute Gasteiger partial charge is 0.248 e. The molecular formula is C20H19N3O2. The molecule has 0 radical (unpaired) electrons. The van der Waals surface area contributed by atoms with Crippen LogP contribution in [0, 0.1) is 0 Å². The molecule has 1 aromatic heterocycles. The number of ether oxygens (including phenoxy) is 1. The van der Waals surface area contributed by atoms with Gasteiger partial charge in [-0.05, 0) is 49.4 Å². The summed E-state index contributed by atoms with van der Waals surface area (Å²) < 4.78 is 7.14. The summed E-state index contributed by atoms with van der Waals surface area (Å²) in [7, 11) is 0. The summed E-state index contributed by atoms with van der Waals surface area (Å²) in [5.74, 6) is 0.584. The van der Waals surface area contributed by atoms with Gasteiger partial charge in [0.2, 0.25) is 5.91 Å². The average molecular weight is 333 g/mol. The van der Waals surface area contributed by atoms with Gasteiger partial charge in [0.15, 0.2) is 0 Å². The van der Waals surface area contributed by atoms with Gasteiger partial charge >= 0.3 is 0 Å². The minimum atomic E-state index is -0.198. The molecule has 0 saturated heterocycles. The van der Waals surface area contributed by atoms with Gasteiger partial charge < -0.3 is 10.1 Å². The first-order valence-electron chi connectivity index (χ1n) is 8.06. The Morgan fingerprint density at radius 1 is 1.16 bits per heavy atom. The number of carbonyl (C=O) groups is 1. The molecule has 0 unspecified atom stereocenters. The Labute approximate surface area is 146 Å². The first-order valence-corrected chi connectivity index (χ1v) is 8.06. The van der Waals surface area contributed by atoms with Crippen molar-refractivity contribution < 1.29 is 9.53 Å². The summed E-state index contributed by atoms with van der Waals surface area (Å²) in [6, 6.07) is 17.1. The number of hydrogen-bond acceptors (Lipinski definition) is 3. The van der Waals surface area contributed by atoms with Crippen molar-refractivity contribution in [2.24, 2.45) is 0 Å². The van der Waals surface area contributed by atoms with Crippen molar-refractivity contribution in [3.8, 4) is 11.4 Å². The van der Waals surface area contributed by atoms with Crippen LogP contribution < -0.4 is 10.1 Å². The van der Waals surface area contributed by atoms with Gasteiger partial charge in [0.25, 0.3) is 0 Å². The number of nitrogens with one attached hydrogen (secondary N) is 1. The van der Waals surface area contributed by atoms with E-state index in [9.17, 15) is 4.79 Å². The van der Waals surface area contributed by atoms with Crippen molar-refractivity contribution in [3.05, 3.63) is 78.6 Å². The third-order valence-corrected chi connectivity index (χ3v) is 3.48. The number of aromatic nitrogens is 2. The van der Waals surface area contributed by atoms with Crippen molar-refractivity contribution in [1.82, 2.24) is 9.78 Å². The van der Waals surface area contributed by atoms with Crippen LogP contribution in [0.1, 0.15) is 12.5 Å². The predicted octanol–water partition coefficient (Wildman–Crippen LogP) is 3.92. The van der Waals surface area contributed by atoms with Crippen LogP contribution in [0.2, 0.25) is 0 Å². The maximum atomic E-state index is 12.0. The lowest BCUT2D eigenvalue weighted by molar-refractivity contribution is -0.111. The zero-order chi connectivity index (χ0) is 17.5.